The van der Waals surface area contributed by atoms with E-state index in [1.54, 1.807) is 0 Å². The van der Waals surface area contributed by atoms with Crippen LogP contribution in [0.1, 0.15) is 26.2 Å². The number of likely N-dealkylation sites (tertiary alicyclic amines) is 1. The van der Waals surface area contributed by atoms with Crippen molar-refractivity contribution in [3.63, 3.8) is 0 Å². The van der Waals surface area contributed by atoms with Crippen molar-refractivity contribution >= 4 is 5.96 Å². The quantitative estimate of drug-likeness (QED) is 0.548. The van der Waals surface area contributed by atoms with Crippen molar-refractivity contribution in [3.8, 4) is 0 Å². The lowest BCUT2D eigenvalue weighted by molar-refractivity contribution is 0.0389. The van der Waals surface area contributed by atoms with E-state index in [2.05, 4.69) is 32.3 Å². The van der Waals surface area contributed by atoms with Crippen LogP contribution in [0.4, 0.5) is 0 Å². The molecule has 0 spiro atoms. The normalized spacial score (nSPS) is 25.2. The molecule has 2 rings (SSSR count). The highest BCUT2D eigenvalue weighted by atomic mass is 16.5. The van der Waals surface area contributed by atoms with E-state index in [1.807, 2.05) is 7.05 Å². The lowest BCUT2D eigenvalue weighted by Crippen LogP contribution is -2.47. The number of morpholine rings is 1. The monoisotopic (exact) mass is 311 g/mol. The molecule has 0 bridgehead atoms. The Morgan fingerprint density at radius 2 is 1.82 bits per heavy atom. The van der Waals surface area contributed by atoms with Crippen molar-refractivity contribution < 1.29 is 4.74 Å². The number of hydrogen-bond acceptors (Lipinski definition) is 4. The first kappa shape index (κ1) is 17.5. The number of ether oxygens (including phenoxy) is 1. The van der Waals surface area contributed by atoms with Gasteiger partial charge >= 0.3 is 0 Å². The number of rotatable bonds is 6. The molecule has 0 aliphatic carbocycles. The summed E-state index contributed by atoms with van der Waals surface area (Å²) in [6, 6.07) is 0.729. The van der Waals surface area contributed by atoms with E-state index >= 15 is 0 Å². The number of nitrogens with one attached hydrogen (secondary N) is 2. The van der Waals surface area contributed by atoms with E-state index in [0.29, 0.717) is 0 Å². The molecular formula is C16H33N5O. The summed E-state index contributed by atoms with van der Waals surface area (Å²) < 4.78 is 5.36. The van der Waals surface area contributed by atoms with Crippen molar-refractivity contribution in [2.45, 2.75) is 32.2 Å². The van der Waals surface area contributed by atoms with Gasteiger partial charge in [0.25, 0.3) is 0 Å². The van der Waals surface area contributed by atoms with Crippen LogP contribution in [0.3, 0.4) is 0 Å². The van der Waals surface area contributed by atoms with Crippen molar-refractivity contribution in [1.82, 2.24) is 20.4 Å². The topological polar surface area (TPSA) is 52.1 Å². The molecule has 2 N–H and O–H groups in total. The van der Waals surface area contributed by atoms with Crippen LogP contribution in [-0.2, 0) is 4.74 Å². The zero-order chi connectivity index (χ0) is 15.6. The molecule has 0 radical (unpaired) electrons. The van der Waals surface area contributed by atoms with Gasteiger partial charge in [-0.05, 0) is 26.3 Å². The average Bonchev–Trinajstić information content (AvgIpc) is 2.56. The highest BCUT2D eigenvalue weighted by Gasteiger charge is 2.17. The Bertz CT molecular complexity index is 330. The molecule has 0 aromatic heterocycles. The molecule has 2 saturated heterocycles. The van der Waals surface area contributed by atoms with Gasteiger partial charge in [-0.15, -0.1) is 0 Å². The first-order chi connectivity index (χ1) is 10.8. The van der Waals surface area contributed by atoms with Crippen LogP contribution in [-0.4, -0.2) is 87.9 Å². The molecule has 22 heavy (non-hydrogen) atoms. The largest absolute Gasteiger partial charge is 0.379 e. The summed E-state index contributed by atoms with van der Waals surface area (Å²) >= 11 is 0. The van der Waals surface area contributed by atoms with Gasteiger partial charge in [0, 0.05) is 52.4 Å². The lowest BCUT2D eigenvalue weighted by atomic mass is 10.0. The third kappa shape index (κ3) is 6.10. The van der Waals surface area contributed by atoms with Crippen LogP contribution < -0.4 is 10.6 Å². The molecule has 0 saturated carbocycles. The molecule has 1 atom stereocenters. The smallest absolute Gasteiger partial charge is 0.191 e. The Morgan fingerprint density at radius 3 is 2.50 bits per heavy atom. The van der Waals surface area contributed by atoms with Crippen molar-refractivity contribution in [3.05, 3.63) is 0 Å². The molecule has 2 fully saturated rings. The standard InChI is InChI=1S/C16H33N5O/c1-15-5-3-4-8-21(15)10-7-19-16(17-2)18-6-9-20-11-13-22-14-12-20/h15H,3-14H2,1-2H3,(H2,17,18,19). The number of nitrogens with zero attached hydrogens (tertiary/aromatic N) is 3. The predicted octanol–water partition coefficient (Wildman–Crippen LogP) is 0.358. The Kier molecular flexibility index (Phi) is 7.98. The Hall–Kier alpha value is -0.850. The fourth-order valence-corrected chi connectivity index (χ4v) is 3.19. The summed E-state index contributed by atoms with van der Waals surface area (Å²) in [7, 11) is 1.84. The van der Waals surface area contributed by atoms with E-state index in [1.165, 1.54) is 25.8 Å². The van der Waals surface area contributed by atoms with Crippen LogP contribution in [0.5, 0.6) is 0 Å². The molecule has 2 aliphatic rings. The summed E-state index contributed by atoms with van der Waals surface area (Å²) in [6.07, 6.45) is 4.07. The molecule has 128 valence electrons. The van der Waals surface area contributed by atoms with Crippen LogP contribution in [0.2, 0.25) is 0 Å². The van der Waals surface area contributed by atoms with Gasteiger partial charge in [-0.25, -0.2) is 0 Å². The molecular weight excluding hydrogens is 278 g/mol. The van der Waals surface area contributed by atoms with Gasteiger partial charge in [0.05, 0.1) is 13.2 Å². The van der Waals surface area contributed by atoms with E-state index in [4.69, 9.17) is 4.74 Å². The summed E-state index contributed by atoms with van der Waals surface area (Å²) in [4.78, 5) is 9.32. The van der Waals surface area contributed by atoms with Crippen LogP contribution in [0.25, 0.3) is 0 Å². The molecule has 0 aromatic carbocycles. The van der Waals surface area contributed by atoms with Gasteiger partial charge in [0.15, 0.2) is 5.96 Å². The molecule has 6 heteroatoms. The van der Waals surface area contributed by atoms with Crippen molar-refractivity contribution in [2.24, 2.45) is 4.99 Å². The minimum atomic E-state index is 0.729. The lowest BCUT2D eigenvalue weighted by Gasteiger charge is -2.33. The third-order valence-corrected chi connectivity index (χ3v) is 4.68. The summed E-state index contributed by atoms with van der Waals surface area (Å²) in [6.45, 7) is 11.4. The predicted molar refractivity (Wildman–Crippen MR) is 91.5 cm³/mol. The molecule has 6 nitrogen and oxygen atoms in total. The van der Waals surface area contributed by atoms with E-state index in [-0.39, 0.29) is 0 Å². The molecule has 1 unspecified atom stereocenters. The second-order valence-corrected chi connectivity index (χ2v) is 6.26. The first-order valence-corrected chi connectivity index (χ1v) is 8.78. The minimum absolute atomic E-state index is 0.729. The first-order valence-electron chi connectivity index (χ1n) is 8.78. The van der Waals surface area contributed by atoms with Gasteiger partial charge in [-0.3, -0.25) is 14.8 Å². The minimum Gasteiger partial charge on any atom is -0.379 e. The number of aliphatic imine (C=N–C) groups is 1. The Labute approximate surface area is 135 Å². The van der Waals surface area contributed by atoms with Gasteiger partial charge in [0.1, 0.15) is 0 Å². The van der Waals surface area contributed by atoms with Gasteiger partial charge < -0.3 is 15.4 Å². The van der Waals surface area contributed by atoms with Gasteiger partial charge in [-0.2, -0.15) is 0 Å². The fraction of sp³-hybridized carbons (Fsp3) is 0.938. The van der Waals surface area contributed by atoms with Crippen molar-refractivity contribution in [2.75, 3.05) is 66.1 Å². The zero-order valence-electron chi connectivity index (χ0n) is 14.3. The molecule has 2 heterocycles. The number of guanidine groups is 1. The highest BCUT2D eigenvalue weighted by Crippen LogP contribution is 2.15. The average molecular weight is 311 g/mol. The highest BCUT2D eigenvalue weighted by molar-refractivity contribution is 5.79. The molecule has 2 aliphatic heterocycles. The Morgan fingerprint density at radius 1 is 1.09 bits per heavy atom. The number of piperidine rings is 1. The maximum Gasteiger partial charge on any atom is 0.191 e. The fourth-order valence-electron chi connectivity index (χ4n) is 3.19. The van der Waals surface area contributed by atoms with E-state index in [9.17, 15) is 0 Å². The maximum atomic E-state index is 5.36. The number of hydrogen-bond donors (Lipinski definition) is 2. The van der Waals surface area contributed by atoms with Gasteiger partial charge in [-0.1, -0.05) is 6.42 Å². The second-order valence-electron chi connectivity index (χ2n) is 6.26. The van der Waals surface area contributed by atoms with Crippen molar-refractivity contribution in [1.29, 1.82) is 0 Å². The third-order valence-electron chi connectivity index (χ3n) is 4.68. The molecule has 0 aromatic rings. The van der Waals surface area contributed by atoms with E-state index < -0.39 is 0 Å². The van der Waals surface area contributed by atoms with Crippen LogP contribution in [0, 0.1) is 0 Å². The van der Waals surface area contributed by atoms with Gasteiger partial charge in [0.2, 0.25) is 0 Å². The summed E-state index contributed by atoms with van der Waals surface area (Å²) in [5.74, 6) is 0.915. The Balaban J connectivity index is 1.56. The summed E-state index contributed by atoms with van der Waals surface area (Å²) in [5, 5.41) is 6.83. The van der Waals surface area contributed by atoms with Crippen LogP contribution >= 0.6 is 0 Å². The second kappa shape index (κ2) is 10.0. The summed E-state index contributed by atoms with van der Waals surface area (Å²) in [5.41, 5.74) is 0. The SMILES string of the molecule is CN=C(NCCN1CCOCC1)NCCN1CCCCC1C. The van der Waals surface area contributed by atoms with E-state index in [0.717, 1.165) is 64.5 Å². The maximum absolute atomic E-state index is 5.36. The zero-order valence-corrected chi connectivity index (χ0v) is 14.3. The van der Waals surface area contributed by atoms with Crippen LogP contribution in [0.15, 0.2) is 4.99 Å². The molecule has 0 amide bonds.